The van der Waals surface area contributed by atoms with E-state index >= 15 is 0 Å². The first-order valence-electron chi connectivity index (χ1n) is 12.4. The van der Waals surface area contributed by atoms with E-state index in [2.05, 4.69) is 16.9 Å². The highest BCUT2D eigenvalue weighted by atomic mass is 16.5. The summed E-state index contributed by atoms with van der Waals surface area (Å²) in [6.45, 7) is 0. The quantitative estimate of drug-likeness (QED) is 0.282. The third-order valence-electron chi connectivity index (χ3n) is 6.40. The summed E-state index contributed by atoms with van der Waals surface area (Å²) in [7, 11) is 3.03. The minimum Gasteiger partial charge on any atom is -0.493 e. The van der Waals surface area contributed by atoms with Gasteiger partial charge in [-0.3, -0.25) is 19.6 Å². The monoisotopic (exact) mass is 531 g/mol. The van der Waals surface area contributed by atoms with Gasteiger partial charge in [-0.2, -0.15) is 5.26 Å². The van der Waals surface area contributed by atoms with Gasteiger partial charge >= 0.3 is 0 Å². The molecule has 1 heterocycles. The Morgan fingerprint density at radius 2 is 1.60 bits per heavy atom. The molecule has 0 fully saturated rings. The molecule has 0 bridgehead atoms. The molecule has 1 aromatic heterocycles. The predicted molar refractivity (Wildman–Crippen MR) is 151 cm³/mol. The molecule has 40 heavy (non-hydrogen) atoms. The maximum absolute atomic E-state index is 13.6. The van der Waals surface area contributed by atoms with E-state index in [9.17, 15) is 14.9 Å². The molecule has 0 spiro atoms. The maximum atomic E-state index is 13.6. The van der Waals surface area contributed by atoms with Crippen LogP contribution >= 0.6 is 0 Å². The standard InChI is InChI=1S/C31H25N5O4/c1-39-27-17-14-22(18-28(27)40-2)26(19-32)34-35-30(37)21-12-15-23(16-13-21)36-29(20-8-4-3-5-9-20)33-25-11-7-6-10-24(25)31(36)38/h3-18,26,34H,1-2H3,(H,35,37). The van der Waals surface area contributed by atoms with E-state index in [1.54, 1.807) is 59.2 Å². The number of carbonyl (C=O) groups excluding carboxylic acids is 1. The molecule has 0 radical (unpaired) electrons. The Kier molecular flexibility index (Phi) is 7.53. The van der Waals surface area contributed by atoms with Crippen molar-refractivity contribution >= 4 is 16.8 Å². The fourth-order valence-corrected chi connectivity index (χ4v) is 4.35. The number of aromatic nitrogens is 2. The molecule has 2 N–H and O–H groups in total. The molecule has 5 aromatic rings. The number of rotatable bonds is 8. The molecule has 1 amide bonds. The molecular weight excluding hydrogens is 506 g/mol. The molecule has 0 aliphatic heterocycles. The number of benzene rings is 4. The number of nitrogens with one attached hydrogen (secondary N) is 2. The zero-order chi connectivity index (χ0) is 28.1. The Morgan fingerprint density at radius 3 is 2.30 bits per heavy atom. The van der Waals surface area contributed by atoms with Crippen molar-refractivity contribution in [3.63, 3.8) is 0 Å². The molecule has 1 unspecified atom stereocenters. The van der Waals surface area contributed by atoms with Crippen LogP contribution in [0.5, 0.6) is 11.5 Å². The number of methoxy groups -OCH3 is 2. The fourth-order valence-electron chi connectivity index (χ4n) is 4.35. The van der Waals surface area contributed by atoms with E-state index in [4.69, 9.17) is 14.5 Å². The minimum absolute atomic E-state index is 0.213. The van der Waals surface area contributed by atoms with Crippen molar-refractivity contribution in [2.45, 2.75) is 6.04 Å². The summed E-state index contributed by atoms with van der Waals surface area (Å²) in [6.07, 6.45) is 0. The average molecular weight is 532 g/mol. The van der Waals surface area contributed by atoms with E-state index < -0.39 is 11.9 Å². The van der Waals surface area contributed by atoms with Crippen LogP contribution in [-0.4, -0.2) is 29.7 Å². The van der Waals surface area contributed by atoms with Crippen molar-refractivity contribution in [1.29, 1.82) is 5.26 Å². The third kappa shape index (κ3) is 5.12. The number of hydrogen-bond donors (Lipinski definition) is 2. The van der Waals surface area contributed by atoms with Crippen molar-refractivity contribution in [2.24, 2.45) is 0 Å². The normalized spacial score (nSPS) is 11.4. The lowest BCUT2D eigenvalue weighted by Gasteiger charge is -2.16. The first-order chi connectivity index (χ1) is 19.5. The van der Waals surface area contributed by atoms with Crippen molar-refractivity contribution < 1.29 is 14.3 Å². The number of nitriles is 1. The first kappa shape index (κ1) is 26.2. The molecule has 198 valence electrons. The van der Waals surface area contributed by atoms with Gasteiger partial charge in [0.15, 0.2) is 11.5 Å². The summed E-state index contributed by atoms with van der Waals surface area (Å²) in [5.41, 5.74) is 8.00. The number of amides is 1. The molecule has 0 aliphatic rings. The molecule has 5 rings (SSSR count). The van der Waals surface area contributed by atoms with E-state index in [-0.39, 0.29) is 5.56 Å². The summed E-state index contributed by atoms with van der Waals surface area (Å²) in [5.74, 6) is 1.05. The van der Waals surface area contributed by atoms with Gasteiger partial charge in [0.25, 0.3) is 11.5 Å². The lowest BCUT2D eigenvalue weighted by Crippen LogP contribution is -2.39. The highest BCUT2D eigenvalue weighted by molar-refractivity contribution is 5.94. The van der Waals surface area contributed by atoms with Gasteiger partial charge in [0.2, 0.25) is 0 Å². The first-order valence-corrected chi connectivity index (χ1v) is 12.4. The lowest BCUT2D eigenvalue weighted by molar-refractivity contribution is 0.0929. The van der Waals surface area contributed by atoms with Crippen LogP contribution in [0, 0.1) is 11.3 Å². The summed E-state index contributed by atoms with van der Waals surface area (Å²) >= 11 is 0. The molecule has 0 saturated heterocycles. The van der Waals surface area contributed by atoms with Crippen molar-refractivity contribution in [3.8, 4) is 34.6 Å². The second-order valence-corrected chi connectivity index (χ2v) is 8.78. The van der Waals surface area contributed by atoms with Crippen LogP contribution in [0.1, 0.15) is 22.0 Å². The van der Waals surface area contributed by atoms with Gasteiger partial charge in [0.1, 0.15) is 11.9 Å². The summed E-state index contributed by atoms with van der Waals surface area (Å²) in [4.78, 5) is 31.2. The Balaban J connectivity index is 1.41. The van der Waals surface area contributed by atoms with Gasteiger partial charge in [-0.15, -0.1) is 0 Å². The number of hydrogen-bond acceptors (Lipinski definition) is 7. The van der Waals surface area contributed by atoms with Gasteiger partial charge in [-0.1, -0.05) is 48.5 Å². The van der Waals surface area contributed by atoms with E-state index in [0.29, 0.717) is 45.0 Å². The van der Waals surface area contributed by atoms with E-state index in [1.807, 2.05) is 42.5 Å². The zero-order valence-corrected chi connectivity index (χ0v) is 21.8. The molecule has 0 saturated carbocycles. The SMILES string of the molecule is COc1ccc(C(C#N)NNC(=O)c2ccc(-n3c(-c4ccccc4)nc4ccccc4c3=O)cc2)cc1OC. The molecule has 4 aromatic carbocycles. The maximum Gasteiger partial charge on any atom is 0.266 e. The van der Waals surface area contributed by atoms with Gasteiger partial charge in [-0.05, 0) is 54.1 Å². The average Bonchev–Trinajstić information content (AvgIpc) is 3.01. The zero-order valence-electron chi connectivity index (χ0n) is 21.8. The van der Waals surface area contributed by atoms with Gasteiger partial charge in [0, 0.05) is 11.1 Å². The Labute approximate surface area is 230 Å². The van der Waals surface area contributed by atoms with Crippen LogP contribution in [-0.2, 0) is 0 Å². The highest BCUT2D eigenvalue weighted by Gasteiger charge is 2.17. The highest BCUT2D eigenvalue weighted by Crippen LogP contribution is 2.29. The van der Waals surface area contributed by atoms with Gasteiger partial charge in [-0.25, -0.2) is 10.4 Å². The molecule has 9 heteroatoms. The smallest absolute Gasteiger partial charge is 0.266 e. The van der Waals surface area contributed by atoms with E-state index in [0.717, 1.165) is 5.56 Å². The molecule has 9 nitrogen and oxygen atoms in total. The van der Waals surface area contributed by atoms with Crippen LogP contribution in [0.3, 0.4) is 0 Å². The number of carbonyl (C=O) groups is 1. The second-order valence-electron chi connectivity index (χ2n) is 8.78. The van der Waals surface area contributed by atoms with Gasteiger partial charge < -0.3 is 9.47 Å². The predicted octanol–water partition coefficient (Wildman–Crippen LogP) is 4.57. The molecule has 0 aliphatic carbocycles. The van der Waals surface area contributed by atoms with Gasteiger partial charge in [0.05, 0.1) is 36.9 Å². The topological polar surface area (TPSA) is 118 Å². The van der Waals surface area contributed by atoms with Crippen molar-refractivity contribution in [2.75, 3.05) is 14.2 Å². The Bertz CT molecular complexity index is 1780. The largest absolute Gasteiger partial charge is 0.493 e. The van der Waals surface area contributed by atoms with Crippen LogP contribution < -0.4 is 25.9 Å². The summed E-state index contributed by atoms with van der Waals surface area (Å²) in [5, 5.41) is 10.2. The van der Waals surface area contributed by atoms with Crippen LogP contribution in [0.2, 0.25) is 0 Å². The number of nitrogens with zero attached hydrogens (tertiary/aromatic N) is 3. The fraction of sp³-hybridized carbons (Fsp3) is 0.0968. The van der Waals surface area contributed by atoms with Crippen molar-refractivity contribution in [3.05, 3.63) is 119 Å². The van der Waals surface area contributed by atoms with E-state index in [1.165, 1.54) is 14.2 Å². The molecule has 1 atom stereocenters. The summed E-state index contributed by atoms with van der Waals surface area (Å²) in [6, 6.07) is 29.6. The minimum atomic E-state index is -0.835. The Morgan fingerprint density at radius 1 is 0.900 bits per heavy atom. The number of ether oxygens (including phenoxy) is 2. The summed E-state index contributed by atoms with van der Waals surface area (Å²) < 4.78 is 12.1. The molecular formula is C31H25N5O4. The van der Waals surface area contributed by atoms with Crippen LogP contribution in [0.15, 0.2) is 102 Å². The number of hydrazine groups is 1. The third-order valence-corrected chi connectivity index (χ3v) is 6.40. The number of para-hydroxylation sites is 1. The number of fused-ring (bicyclic) bond motifs is 1. The van der Waals surface area contributed by atoms with Crippen molar-refractivity contribution in [1.82, 2.24) is 20.4 Å². The van der Waals surface area contributed by atoms with Crippen LogP contribution in [0.4, 0.5) is 0 Å². The lowest BCUT2D eigenvalue weighted by atomic mass is 10.1. The van der Waals surface area contributed by atoms with Crippen LogP contribution in [0.25, 0.3) is 28.0 Å². The second kappa shape index (κ2) is 11.5. The Hall–Kier alpha value is -5.46.